The Labute approximate surface area is 259 Å². The quantitative estimate of drug-likeness (QED) is 0.219. The Morgan fingerprint density at radius 3 is 2.27 bits per heavy atom. The summed E-state index contributed by atoms with van der Waals surface area (Å²) in [5.74, 6) is 1.21. The summed E-state index contributed by atoms with van der Waals surface area (Å²) in [5.41, 5.74) is -2.47. The summed E-state index contributed by atoms with van der Waals surface area (Å²) in [6.45, 7) is 9.03. The standard InChI is InChI=1S/C33H54O11/c1-15-5-10-33(41-14-15)16(2)24-21(43-33)11-19-17-6-9-32(44-29-27(39)26(38)25(37)22(13-34)42-29)28(40)20(35)12-23(36)31(32,4)18(17)7-8-30(19,24)3/h15-29,34-40H,5-14H2,1-4H3/t15-,16-,17?,18?,19?,20-,21?,22+,23+,24?,25+,26-,27+,28-,29-,30-,31-,32-,33-/m0/s1. The van der Waals surface area contributed by atoms with E-state index in [1.807, 2.05) is 6.92 Å². The van der Waals surface area contributed by atoms with Crippen molar-refractivity contribution >= 4 is 0 Å². The lowest BCUT2D eigenvalue weighted by Gasteiger charge is -2.68. The minimum atomic E-state index is -1.66. The van der Waals surface area contributed by atoms with E-state index in [1.165, 1.54) is 0 Å². The average Bonchev–Trinajstić information content (AvgIpc) is 3.44. The molecule has 0 amide bonds. The van der Waals surface area contributed by atoms with Gasteiger partial charge in [-0.15, -0.1) is 0 Å². The van der Waals surface area contributed by atoms with Crippen LogP contribution < -0.4 is 0 Å². The summed E-state index contributed by atoms with van der Waals surface area (Å²) >= 11 is 0. The van der Waals surface area contributed by atoms with Crippen molar-refractivity contribution in [3.63, 3.8) is 0 Å². The van der Waals surface area contributed by atoms with E-state index in [0.717, 1.165) is 38.7 Å². The number of rotatable bonds is 3. The van der Waals surface area contributed by atoms with Gasteiger partial charge >= 0.3 is 0 Å². The summed E-state index contributed by atoms with van der Waals surface area (Å²) < 4.78 is 25.6. The van der Waals surface area contributed by atoms with Crippen LogP contribution in [0.4, 0.5) is 0 Å². The van der Waals surface area contributed by atoms with Crippen LogP contribution >= 0.6 is 0 Å². The molecule has 5 unspecified atom stereocenters. The summed E-state index contributed by atoms with van der Waals surface area (Å²) in [6, 6.07) is 0. The van der Waals surface area contributed by atoms with Crippen molar-refractivity contribution in [1.82, 2.24) is 0 Å². The highest BCUT2D eigenvalue weighted by molar-refractivity contribution is 5.22. The third-order valence-electron chi connectivity index (χ3n) is 14.4. The normalized spacial score (nSPS) is 62.1. The SMILES string of the molecule is C[C@H]1CC[C@]2(OC1)OC1CC3C4CC[C@]5(O[C@@H]6O[C@H](CO)[C@@H](O)[C@H](O)[C@H]6O)[C@@H](O)[C@@H](O)C[C@@H](O)[C@]5(C)C4CC[C@]3(C)C1[C@@H]2C. The molecule has 11 heteroatoms. The minimum Gasteiger partial charge on any atom is -0.394 e. The van der Waals surface area contributed by atoms with Gasteiger partial charge in [0, 0.05) is 24.2 Å². The molecule has 44 heavy (non-hydrogen) atoms. The Morgan fingerprint density at radius 1 is 0.841 bits per heavy atom. The predicted octanol–water partition coefficient (Wildman–Crippen LogP) is 0.675. The molecule has 0 radical (unpaired) electrons. The fourth-order valence-corrected chi connectivity index (χ4v) is 12.0. The summed E-state index contributed by atoms with van der Waals surface area (Å²) in [5, 5.41) is 76.0. The van der Waals surface area contributed by atoms with Crippen LogP contribution in [0.25, 0.3) is 0 Å². The van der Waals surface area contributed by atoms with E-state index in [9.17, 15) is 35.7 Å². The fraction of sp³-hybridized carbons (Fsp3) is 1.00. The molecule has 0 aromatic rings. The largest absolute Gasteiger partial charge is 0.394 e. The molecule has 0 bridgehead atoms. The van der Waals surface area contributed by atoms with Gasteiger partial charge in [0.1, 0.15) is 36.1 Å². The predicted molar refractivity (Wildman–Crippen MR) is 155 cm³/mol. The van der Waals surface area contributed by atoms with Crippen LogP contribution in [0.1, 0.15) is 79.1 Å². The number of aliphatic hydroxyl groups excluding tert-OH is 7. The molecule has 19 atom stereocenters. The Bertz CT molecular complexity index is 1080. The summed E-state index contributed by atoms with van der Waals surface area (Å²) in [7, 11) is 0. The van der Waals surface area contributed by atoms with E-state index in [2.05, 4.69) is 20.8 Å². The molecule has 7 fully saturated rings. The van der Waals surface area contributed by atoms with Crippen molar-refractivity contribution in [1.29, 1.82) is 0 Å². The molecule has 4 aliphatic carbocycles. The van der Waals surface area contributed by atoms with Crippen LogP contribution in [-0.4, -0.2) is 115 Å². The Balaban J connectivity index is 1.19. The highest BCUT2D eigenvalue weighted by atomic mass is 16.7. The highest BCUT2D eigenvalue weighted by Gasteiger charge is 2.74. The van der Waals surface area contributed by atoms with Gasteiger partial charge in [0.2, 0.25) is 0 Å². The maximum atomic E-state index is 11.8. The molecule has 0 aromatic carbocycles. The van der Waals surface area contributed by atoms with Gasteiger partial charge in [-0.1, -0.05) is 27.7 Å². The van der Waals surface area contributed by atoms with Crippen LogP contribution in [0.2, 0.25) is 0 Å². The van der Waals surface area contributed by atoms with Crippen molar-refractivity contribution in [3.05, 3.63) is 0 Å². The molecule has 252 valence electrons. The monoisotopic (exact) mass is 626 g/mol. The number of ether oxygens (including phenoxy) is 4. The molecule has 4 saturated carbocycles. The minimum absolute atomic E-state index is 0.00765. The third kappa shape index (κ3) is 4.14. The topological polar surface area (TPSA) is 179 Å². The Kier molecular flexibility index (Phi) is 7.87. The van der Waals surface area contributed by atoms with Gasteiger partial charge < -0.3 is 54.7 Å². The van der Waals surface area contributed by atoms with E-state index in [4.69, 9.17) is 18.9 Å². The van der Waals surface area contributed by atoms with E-state index in [0.29, 0.717) is 30.6 Å². The summed E-state index contributed by atoms with van der Waals surface area (Å²) in [6.07, 6.45) is -5.39. The molecular weight excluding hydrogens is 572 g/mol. The first-order valence-electron chi connectivity index (χ1n) is 17.1. The lowest BCUT2D eigenvalue weighted by atomic mass is 9.41. The van der Waals surface area contributed by atoms with Crippen molar-refractivity contribution in [2.24, 2.45) is 46.3 Å². The number of fused-ring (bicyclic) bond motifs is 7. The molecule has 1 spiro atoms. The second-order valence-electron chi connectivity index (χ2n) is 16.2. The van der Waals surface area contributed by atoms with Gasteiger partial charge in [0.25, 0.3) is 0 Å². The van der Waals surface area contributed by atoms with Crippen LogP contribution in [-0.2, 0) is 18.9 Å². The maximum absolute atomic E-state index is 11.8. The first-order chi connectivity index (χ1) is 20.7. The second-order valence-corrected chi connectivity index (χ2v) is 16.2. The molecule has 0 aromatic heterocycles. The molecule has 3 saturated heterocycles. The Morgan fingerprint density at radius 2 is 1.59 bits per heavy atom. The van der Waals surface area contributed by atoms with Gasteiger partial charge in [-0.25, -0.2) is 0 Å². The van der Waals surface area contributed by atoms with E-state index in [1.54, 1.807) is 0 Å². The lowest BCUT2D eigenvalue weighted by Crippen LogP contribution is -2.76. The number of aliphatic hydroxyl groups is 7. The number of hydrogen-bond acceptors (Lipinski definition) is 11. The summed E-state index contributed by atoms with van der Waals surface area (Å²) in [4.78, 5) is 0. The smallest absolute Gasteiger partial charge is 0.187 e. The second kappa shape index (κ2) is 10.8. The van der Waals surface area contributed by atoms with Crippen LogP contribution in [0.15, 0.2) is 0 Å². The van der Waals surface area contributed by atoms with Gasteiger partial charge in [-0.3, -0.25) is 0 Å². The zero-order valence-electron chi connectivity index (χ0n) is 26.5. The molecule has 3 heterocycles. The molecule has 7 rings (SSSR count). The van der Waals surface area contributed by atoms with Crippen molar-refractivity contribution in [3.8, 4) is 0 Å². The van der Waals surface area contributed by atoms with Gasteiger partial charge in [-0.2, -0.15) is 0 Å². The Hall–Kier alpha value is -0.440. The molecule has 7 N–H and O–H groups in total. The molecule has 11 nitrogen and oxygen atoms in total. The first-order valence-corrected chi connectivity index (χ1v) is 17.1. The van der Waals surface area contributed by atoms with Crippen LogP contribution in [0, 0.1) is 46.3 Å². The van der Waals surface area contributed by atoms with Gasteiger partial charge in [0.15, 0.2) is 12.1 Å². The van der Waals surface area contributed by atoms with Gasteiger partial charge in [-0.05, 0) is 73.5 Å². The van der Waals surface area contributed by atoms with Crippen LogP contribution in [0.3, 0.4) is 0 Å². The average molecular weight is 627 g/mol. The zero-order chi connectivity index (χ0) is 31.6. The molecule has 3 aliphatic heterocycles. The zero-order valence-corrected chi connectivity index (χ0v) is 26.5. The van der Waals surface area contributed by atoms with Crippen molar-refractivity contribution < 1.29 is 54.7 Å². The van der Waals surface area contributed by atoms with Gasteiger partial charge in [0.05, 0.1) is 31.5 Å². The van der Waals surface area contributed by atoms with Crippen molar-refractivity contribution in [2.75, 3.05) is 13.2 Å². The third-order valence-corrected chi connectivity index (χ3v) is 14.4. The maximum Gasteiger partial charge on any atom is 0.187 e. The lowest BCUT2D eigenvalue weighted by molar-refractivity contribution is -0.389. The molecular formula is C33H54O11. The van der Waals surface area contributed by atoms with E-state index < -0.39 is 72.4 Å². The van der Waals surface area contributed by atoms with E-state index in [-0.39, 0.29) is 35.7 Å². The first kappa shape index (κ1) is 32.1. The van der Waals surface area contributed by atoms with Crippen LogP contribution in [0.5, 0.6) is 0 Å². The van der Waals surface area contributed by atoms with Crippen molar-refractivity contribution in [2.45, 2.75) is 146 Å². The fourth-order valence-electron chi connectivity index (χ4n) is 12.0. The number of hydrogen-bond donors (Lipinski definition) is 7. The van der Waals surface area contributed by atoms with E-state index >= 15 is 0 Å². The highest BCUT2D eigenvalue weighted by Crippen LogP contribution is 2.72. The molecule has 7 aliphatic rings.